The standard InChI is InChI=1S/C17H24N4O4S/c1-4-21-9-5-6-12(21)11-18-26(24,25)13-7-8-15-14(10-13)16(22)20(3)17(23)19(15)2/h7-8,10,12,18H,4-6,9,11H2,1-3H3/t12-/m0/s1. The van der Waals surface area contributed by atoms with Crippen LogP contribution in [-0.2, 0) is 24.1 Å². The molecule has 1 atom stereocenters. The van der Waals surface area contributed by atoms with Gasteiger partial charge in [-0.05, 0) is 44.1 Å². The van der Waals surface area contributed by atoms with Crippen LogP contribution in [0.4, 0.5) is 0 Å². The number of likely N-dealkylation sites (N-methyl/N-ethyl adjacent to an activating group) is 1. The number of hydrogen-bond acceptors (Lipinski definition) is 5. The zero-order chi connectivity index (χ0) is 19.1. The minimum Gasteiger partial charge on any atom is -0.299 e. The average Bonchev–Trinajstić information content (AvgIpc) is 3.10. The second-order valence-electron chi connectivity index (χ2n) is 6.66. The molecule has 1 fully saturated rings. The Balaban J connectivity index is 1.94. The van der Waals surface area contributed by atoms with E-state index < -0.39 is 21.3 Å². The van der Waals surface area contributed by atoms with Gasteiger partial charge >= 0.3 is 5.69 Å². The second-order valence-corrected chi connectivity index (χ2v) is 8.43. The Hall–Kier alpha value is -1.97. The molecule has 3 rings (SSSR count). The number of nitrogens with one attached hydrogen (secondary N) is 1. The topological polar surface area (TPSA) is 93.4 Å². The average molecular weight is 380 g/mol. The van der Waals surface area contributed by atoms with E-state index in [1.54, 1.807) is 7.05 Å². The number of aryl methyl sites for hydroxylation is 1. The van der Waals surface area contributed by atoms with Crippen molar-refractivity contribution < 1.29 is 8.42 Å². The van der Waals surface area contributed by atoms with Gasteiger partial charge in [0.25, 0.3) is 5.56 Å². The molecule has 1 aromatic carbocycles. The van der Waals surface area contributed by atoms with Crippen molar-refractivity contribution in [2.75, 3.05) is 19.6 Å². The highest BCUT2D eigenvalue weighted by molar-refractivity contribution is 7.89. The lowest BCUT2D eigenvalue weighted by Gasteiger charge is -2.22. The molecule has 0 spiro atoms. The van der Waals surface area contributed by atoms with Crippen molar-refractivity contribution in [3.05, 3.63) is 39.0 Å². The van der Waals surface area contributed by atoms with Crippen LogP contribution in [0.3, 0.4) is 0 Å². The zero-order valence-electron chi connectivity index (χ0n) is 15.2. The number of rotatable bonds is 5. The Morgan fingerprint density at radius 3 is 2.62 bits per heavy atom. The number of sulfonamides is 1. The summed E-state index contributed by atoms with van der Waals surface area (Å²) in [6.45, 7) is 4.30. The van der Waals surface area contributed by atoms with Crippen LogP contribution in [0, 0.1) is 0 Å². The van der Waals surface area contributed by atoms with Crippen molar-refractivity contribution in [3.63, 3.8) is 0 Å². The van der Waals surface area contributed by atoms with E-state index in [1.165, 1.54) is 29.8 Å². The van der Waals surface area contributed by atoms with Gasteiger partial charge in [0.05, 0.1) is 15.8 Å². The molecule has 1 N–H and O–H groups in total. The number of benzene rings is 1. The normalized spacial score (nSPS) is 18.7. The fourth-order valence-electron chi connectivity index (χ4n) is 3.57. The van der Waals surface area contributed by atoms with E-state index in [-0.39, 0.29) is 16.3 Å². The second kappa shape index (κ2) is 6.98. The number of nitrogens with zero attached hydrogens (tertiary/aromatic N) is 3. The molecule has 142 valence electrons. The molecular formula is C17H24N4O4S. The Morgan fingerprint density at radius 2 is 1.92 bits per heavy atom. The zero-order valence-corrected chi connectivity index (χ0v) is 16.0. The molecule has 26 heavy (non-hydrogen) atoms. The molecule has 2 aromatic rings. The number of aromatic nitrogens is 2. The lowest BCUT2D eigenvalue weighted by Crippen LogP contribution is -2.40. The summed E-state index contributed by atoms with van der Waals surface area (Å²) in [4.78, 5) is 26.6. The van der Waals surface area contributed by atoms with Crippen LogP contribution in [0.25, 0.3) is 10.9 Å². The van der Waals surface area contributed by atoms with Gasteiger partial charge in [-0.1, -0.05) is 6.92 Å². The summed E-state index contributed by atoms with van der Waals surface area (Å²) in [5.41, 5.74) is -0.546. The van der Waals surface area contributed by atoms with E-state index >= 15 is 0 Å². The third-order valence-electron chi connectivity index (χ3n) is 5.16. The third-order valence-corrected chi connectivity index (χ3v) is 6.58. The van der Waals surface area contributed by atoms with Gasteiger partial charge in [0.1, 0.15) is 0 Å². The Labute approximate surface area is 152 Å². The first-order valence-electron chi connectivity index (χ1n) is 8.69. The molecule has 9 heteroatoms. The summed E-state index contributed by atoms with van der Waals surface area (Å²) in [6, 6.07) is 4.46. The van der Waals surface area contributed by atoms with Crippen molar-refractivity contribution in [1.82, 2.24) is 18.8 Å². The first-order chi connectivity index (χ1) is 12.3. The molecule has 1 aliphatic rings. The van der Waals surface area contributed by atoms with Crippen LogP contribution in [0.5, 0.6) is 0 Å². The molecule has 1 aliphatic heterocycles. The lowest BCUT2D eigenvalue weighted by atomic mass is 10.2. The van der Waals surface area contributed by atoms with Crippen LogP contribution in [-0.4, -0.2) is 48.1 Å². The highest BCUT2D eigenvalue weighted by Gasteiger charge is 2.25. The minimum absolute atomic E-state index is 0.0294. The highest BCUT2D eigenvalue weighted by Crippen LogP contribution is 2.18. The van der Waals surface area contributed by atoms with Crippen LogP contribution in [0.2, 0.25) is 0 Å². The van der Waals surface area contributed by atoms with Crippen LogP contribution >= 0.6 is 0 Å². The molecule has 0 saturated carbocycles. The summed E-state index contributed by atoms with van der Waals surface area (Å²) < 4.78 is 30.3. The van der Waals surface area contributed by atoms with E-state index in [2.05, 4.69) is 16.5 Å². The van der Waals surface area contributed by atoms with Gasteiger partial charge in [-0.25, -0.2) is 17.9 Å². The Morgan fingerprint density at radius 1 is 1.19 bits per heavy atom. The Bertz CT molecular complexity index is 1050. The van der Waals surface area contributed by atoms with E-state index in [1.807, 2.05) is 0 Å². The molecule has 0 radical (unpaired) electrons. The molecule has 2 heterocycles. The number of likely N-dealkylation sites (tertiary alicyclic amines) is 1. The predicted octanol–water partition coefficient (Wildman–Crippen LogP) is -0.000200. The van der Waals surface area contributed by atoms with Gasteiger partial charge in [-0.15, -0.1) is 0 Å². The first kappa shape index (κ1) is 18.8. The summed E-state index contributed by atoms with van der Waals surface area (Å²) in [5.74, 6) is 0. The summed E-state index contributed by atoms with van der Waals surface area (Å²) in [6.07, 6.45) is 2.04. The van der Waals surface area contributed by atoms with Crippen LogP contribution < -0.4 is 16.0 Å². The highest BCUT2D eigenvalue weighted by atomic mass is 32.2. The maximum absolute atomic E-state index is 12.7. The molecule has 0 bridgehead atoms. The Kier molecular flexibility index (Phi) is 5.05. The number of hydrogen-bond donors (Lipinski definition) is 1. The smallest absolute Gasteiger partial charge is 0.299 e. The molecular weight excluding hydrogens is 356 g/mol. The quantitative estimate of drug-likeness (QED) is 0.788. The third kappa shape index (κ3) is 3.22. The monoisotopic (exact) mass is 380 g/mol. The molecule has 1 saturated heterocycles. The molecule has 1 aromatic heterocycles. The predicted molar refractivity (Wildman–Crippen MR) is 99.9 cm³/mol. The molecule has 0 unspecified atom stereocenters. The van der Waals surface area contributed by atoms with Gasteiger partial charge in [-0.2, -0.15) is 0 Å². The van der Waals surface area contributed by atoms with E-state index in [0.29, 0.717) is 12.1 Å². The van der Waals surface area contributed by atoms with Crippen molar-refractivity contribution in [3.8, 4) is 0 Å². The minimum atomic E-state index is -3.74. The van der Waals surface area contributed by atoms with Crippen molar-refractivity contribution >= 4 is 20.9 Å². The first-order valence-corrected chi connectivity index (χ1v) is 10.2. The largest absolute Gasteiger partial charge is 0.330 e. The SMILES string of the molecule is CCN1CCC[C@H]1CNS(=O)(=O)c1ccc2c(c1)c(=O)n(C)c(=O)n2C. The summed E-state index contributed by atoms with van der Waals surface area (Å²) in [7, 11) is -0.806. The summed E-state index contributed by atoms with van der Waals surface area (Å²) >= 11 is 0. The molecule has 0 aliphatic carbocycles. The van der Waals surface area contributed by atoms with E-state index in [0.717, 1.165) is 30.5 Å². The fraction of sp³-hybridized carbons (Fsp3) is 0.529. The molecule has 8 nitrogen and oxygen atoms in total. The fourth-order valence-corrected chi connectivity index (χ4v) is 4.67. The van der Waals surface area contributed by atoms with Gasteiger partial charge in [-0.3, -0.25) is 18.8 Å². The van der Waals surface area contributed by atoms with Gasteiger partial charge < -0.3 is 0 Å². The lowest BCUT2D eigenvalue weighted by molar-refractivity contribution is 0.268. The van der Waals surface area contributed by atoms with Crippen LogP contribution in [0.15, 0.2) is 32.7 Å². The molecule has 0 amide bonds. The summed E-state index contributed by atoms with van der Waals surface area (Å²) in [5, 5.41) is 0.202. The number of fused-ring (bicyclic) bond motifs is 1. The maximum Gasteiger partial charge on any atom is 0.330 e. The van der Waals surface area contributed by atoms with Crippen molar-refractivity contribution in [2.45, 2.75) is 30.7 Å². The van der Waals surface area contributed by atoms with Crippen LogP contribution in [0.1, 0.15) is 19.8 Å². The maximum atomic E-state index is 12.7. The van der Waals surface area contributed by atoms with Gasteiger partial charge in [0.15, 0.2) is 0 Å². The van der Waals surface area contributed by atoms with Gasteiger partial charge in [0.2, 0.25) is 10.0 Å². The van der Waals surface area contributed by atoms with E-state index in [4.69, 9.17) is 0 Å². The van der Waals surface area contributed by atoms with Gasteiger partial charge in [0, 0.05) is 26.7 Å². The van der Waals surface area contributed by atoms with E-state index in [9.17, 15) is 18.0 Å². The van der Waals surface area contributed by atoms with Crippen molar-refractivity contribution in [2.24, 2.45) is 14.1 Å². The van der Waals surface area contributed by atoms with Crippen molar-refractivity contribution in [1.29, 1.82) is 0 Å².